The second kappa shape index (κ2) is 10.4. The van der Waals surface area contributed by atoms with E-state index >= 15 is 0 Å². The molecule has 0 saturated heterocycles. The number of ether oxygens (including phenoxy) is 1. The second-order valence-electron chi connectivity index (χ2n) is 6.73. The molecule has 4 unspecified atom stereocenters. The summed E-state index contributed by atoms with van der Waals surface area (Å²) in [6.07, 6.45) is 1.26. The number of nitrogens with one attached hydrogen (secondary N) is 1. The van der Waals surface area contributed by atoms with E-state index in [2.05, 4.69) is 76.4 Å². The highest BCUT2D eigenvalue weighted by Gasteiger charge is 2.18. The molecule has 0 radical (unpaired) electrons. The standard InChI is InChI=1S/C16H34INO/c1-11(2)14(6)8-13(5)9-19-10-18-16(12(3)4)15(7)17/h11-16,18H,8-10H2,1-7H3. The Kier molecular flexibility index (Phi) is 10.7. The van der Waals surface area contributed by atoms with Gasteiger partial charge in [0.2, 0.25) is 0 Å². The van der Waals surface area contributed by atoms with Gasteiger partial charge in [0.25, 0.3) is 0 Å². The lowest BCUT2D eigenvalue weighted by Crippen LogP contribution is -2.41. The molecular formula is C16H34INO. The topological polar surface area (TPSA) is 21.3 Å². The molecule has 3 heteroatoms. The molecule has 0 rings (SSSR count). The summed E-state index contributed by atoms with van der Waals surface area (Å²) in [6.45, 7) is 17.6. The molecule has 4 atom stereocenters. The maximum absolute atomic E-state index is 5.79. The zero-order valence-corrected chi connectivity index (χ0v) is 16.0. The second-order valence-corrected chi connectivity index (χ2v) is 8.69. The molecule has 0 spiro atoms. The van der Waals surface area contributed by atoms with Crippen molar-refractivity contribution in [3.05, 3.63) is 0 Å². The first-order valence-corrected chi connectivity index (χ1v) is 8.95. The SMILES string of the molecule is CC(COCNC(C(C)C)C(C)I)CC(C)C(C)C. The smallest absolute Gasteiger partial charge is 0.0967 e. The van der Waals surface area contributed by atoms with Crippen molar-refractivity contribution in [2.45, 2.75) is 64.9 Å². The third kappa shape index (κ3) is 9.24. The molecule has 0 aromatic rings. The molecule has 1 N–H and O–H groups in total. The Bertz CT molecular complexity index is 211. The van der Waals surface area contributed by atoms with Crippen LogP contribution in [0, 0.1) is 23.7 Å². The fraction of sp³-hybridized carbons (Fsp3) is 1.00. The lowest BCUT2D eigenvalue weighted by Gasteiger charge is -2.26. The van der Waals surface area contributed by atoms with E-state index in [1.807, 2.05) is 0 Å². The van der Waals surface area contributed by atoms with E-state index in [0.717, 1.165) is 18.4 Å². The molecular weight excluding hydrogens is 349 g/mol. The van der Waals surface area contributed by atoms with Crippen LogP contribution in [0.15, 0.2) is 0 Å². The van der Waals surface area contributed by atoms with Crippen molar-refractivity contribution in [3.8, 4) is 0 Å². The van der Waals surface area contributed by atoms with Crippen molar-refractivity contribution in [1.82, 2.24) is 5.32 Å². The van der Waals surface area contributed by atoms with E-state index in [9.17, 15) is 0 Å². The van der Waals surface area contributed by atoms with Crippen LogP contribution in [0.5, 0.6) is 0 Å². The van der Waals surface area contributed by atoms with Gasteiger partial charge in [-0.3, -0.25) is 5.32 Å². The van der Waals surface area contributed by atoms with E-state index in [0.29, 0.717) is 28.5 Å². The zero-order valence-electron chi connectivity index (χ0n) is 13.9. The Labute approximate surface area is 134 Å². The molecule has 0 aliphatic heterocycles. The van der Waals surface area contributed by atoms with Crippen LogP contribution in [-0.4, -0.2) is 23.3 Å². The van der Waals surface area contributed by atoms with Gasteiger partial charge in [0.05, 0.1) is 13.3 Å². The van der Waals surface area contributed by atoms with Crippen LogP contribution in [0.2, 0.25) is 0 Å². The zero-order chi connectivity index (χ0) is 15.0. The predicted molar refractivity (Wildman–Crippen MR) is 93.8 cm³/mol. The average molecular weight is 383 g/mol. The fourth-order valence-corrected chi connectivity index (χ4v) is 3.40. The predicted octanol–water partition coefficient (Wildman–Crippen LogP) is 4.72. The summed E-state index contributed by atoms with van der Waals surface area (Å²) in [5.41, 5.74) is 0. The van der Waals surface area contributed by atoms with Crippen LogP contribution in [0.25, 0.3) is 0 Å². The molecule has 0 heterocycles. The van der Waals surface area contributed by atoms with Crippen molar-refractivity contribution in [3.63, 3.8) is 0 Å². The van der Waals surface area contributed by atoms with E-state index in [1.54, 1.807) is 0 Å². The van der Waals surface area contributed by atoms with Crippen LogP contribution < -0.4 is 5.32 Å². The van der Waals surface area contributed by atoms with Gasteiger partial charge in [0.1, 0.15) is 0 Å². The van der Waals surface area contributed by atoms with E-state index < -0.39 is 0 Å². The Morgan fingerprint density at radius 2 is 1.53 bits per heavy atom. The minimum Gasteiger partial charge on any atom is -0.366 e. The number of rotatable bonds is 10. The van der Waals surface area contributed by atoms with Crippen molar-refractivity contribution >= 4 is 22.6 Å². The first kappa shape index (κ1) is 19.7. The van der Waals surface area contributed by atoms with Gasteiger partial charge in [-0.2, -0.15) is 0 Å². The summed E-state index contributed by atoms with van der Waals surface area (Å²) in [4.78, 5) is 0. The van der Waals surface area contributed by atoms with Gasteiger partial charge in [-0.05, 0) is 30.1 Å². The normalized spacial score (nSPS) is 18.6. The quantitative estimate of drug-likeness (QED) is 0.255. The number of halogens is 1. The molecule has 0 amide bonds. The summed E-state index contributed by atoms with van der Waals surface area (Å²) in [5, 5.41) is 3.52. The highest BCUT2D eigenvalue weighted by molar-refractivity contribution is 14.1. The lowest BCUT2D eigenvalue weighted by molar-refractivity contribution is 0.0707. The third-order valence-electron chi connectivity index (χ3n) is 3.95. The molecule has 0 saturated carbocycles. The van der Waals surface area contributed by atoms with Crippen molar-refractivity contribution in [2.24, 2.45) is 23.7 Å². The van der Waals surface area contributed by atoms with Crippen molar-refractivity contribution in [1.29, 1.82) is 0 Å². The Balaban J connectivity index is 3.79. The summed E-state index contributed by atoms with van der Waals surface area (Å²) in [7, 11) is 0. The highest BCUT2D eigenvalue weighted by atomic mass is 127. The molecule has 0 aliphatic carbocycles. The third-order valence-corrected chi connectivity index (χ3v) is 4.72. The van der Waals surface area contributed by atoms with Crippen LogP contribution in [0.1, 0.15) is 54.9 Å². The summed E-state index contributed by atoms with van der Waals surface area (Å²) >= 11 is 2.49. The molecule has 116 valence electrons. The van der Waals surface area contributed by atoms with Gasteiger partial charge in [0, 0.05) is 9.97 Å². The lowest BCUT2D eigenvalue weighted by atomic mass is 9.89. The maximum atomic E-state index is 5.79. The van der Waals surface area contributed by atoms with Gasteiger partial charge in [-0.15, -0.1) is 0 Å². The average Bonchev–Trinajstić information content (AvgIpc) is 2.27. The fourth-order valence-electron chi connectivity index (χ4n) is 2.32. The first-order chi connectivity index (χ1) is 8.75. The summed E-state index contributed by atoms with van der Waals surface area (Å²) in [6, 6.07) is 0.533. The van der Waals surface area contributed by atoms with Crippen LogP contribution in [-0.2, 0) is 4.74 Å². The van der Waals surface area contributed by atoms with Crippen LogP contribution >= 0.6 is 22.6 Å². The minimum absolute atomic E-state index is 0.533. The monoisotopic (exact) mass is 383 g/mol. The van der Waals surface area contributed by atoms with E-state index in [-0.39, 0.29) is 0 Å². The van der Waals surface area contributed by atoms with Gasteiger partial charge < -0.3 is 4.74 Å². The highest BCUT2D eigenvalue weighted by Crippen LogP contribution is 2.19. The molecule has 19 heavy (non-hydrogen) atoms. The molecule has 0 fully saturated rings. The molecule has 2 nitrogen and oxygen atoms in total. The number of alkyl halides is 1. The largest absolute Gasteiger partial charge is 0.366 e. The van der Waals surface area contributed by atoms with Crippen molar-refractivity contribution < 1.29 is 4.74 Å². The Morgan fingerprint density at radius 1 is 0.947 bits per heavy atom. The van der Waals surface area contributed by atoms with Gasteiger partial charge in [0.15, 0.2) is 0 Å². The maximum Gasteiger partial charge on any atom is 0.0967 e. The summed E-state index contributed by atoms with van der Waals surface area (Å²) in [5.74, 6) is 2.85. The molecule has 0 aromatic heterocycles. The van der Waals surface area contributed by atoms with Crippen LogP contribution in [0.4, 0.5) is 0 Å². The van der Waals surface area contributed by atoms with Gasteiger partial charge in [-0.25, -0.2) is 0 Å². The van der Waals surface area contributed by atoms with Crippen molar-refractivity contribution in [2.75, 3.05) is 13.3 Å². The van der Waals surface area contributed by atoms with Gasteiger partial charge >= 0.3 is 0 Å². The summed E-state index contributed by atoms with van der Waals surface area (Å²) < 4.78 is 6.42. The molecule has 0 aromatic carbocycles. The van der Waals surface area contributed by atoms with Crippen LogP contribution in [0.3, 0.4) is 0 Å². The Hall–Kier alpha value is 0.650. The van der Waals surface area contributed by atoms with Gasteiger partial charge in [-0.1, -0.05) is 71.1 Å². The van der Waals surface area contributed by atoms with E-state index in [4.69, 9.17) is 4.74 Å². The number of hydrogen-bond acceptors (Lipinski definition) is 2. The first-order valence-electron chi connectivity index (χ1n) is 7.70. The minimum atomic E-state index is 0.533. The Morgan fingerprint density at radius 3 is 1.95 bits per heavy atom. The van der Waals surface area contributed by atoms with E-state index in [1.165, 1.54) is 6.42 Å². The number of hydrogen-bond donors (Lipinski definition) is 1. The molecule has 0 bridgehead atoms. The molecule has 0 aliphatic rings.